The van der Waals surface area contributed by atoms with Crippen LogP contribution >= 0.6 is 0 Å². The Morgan fingerprint density at radius 2 is 1.66 bits per heavy atom. The molecule has 0 bridgehead atoms. The van der Waals surface area contributed by atoms with Crippen molar-refractivity contribution in [2.45, 2.75) is 45.9 Å². The Balaban J connectivity index is 1.49. The topological polar surface area (TPSA) is 144 Å². The number of nitrogens with two attached hydrogens (primary N) is 1. The van der Waals surface area contributed by atoms with E-state index >= 15 is 0 Å². The number of carbonyl (C=O) groups excluding carboxylic acids is 2. The van der Waals surface area contributed by atoms with Crippen LogP contribution in [-0.2, 0) is 18.0 Å². The molecule has 0 aliphatic carbocycles. The number of hydrogen-bond donors (Lipinski definition) is 2. The molecule has 0 unspecified atom stereocenters. The third-order valence-corrected chi connectivity index (χ3v) is 6.57. The molecule has 5 rings (SSSR count). The van der Waals surface area contributed by atoms with E-state index in [0.717, 1.165) is 16.0 Å². The zero-order chi connectivity index (χ0) is 27.2. The highest BCUT2D eigenvalue weighted by Gasteiger charge is 2.37. The van der Waals surface area contributed by atoms with E-state index in [2.05, 4.69) is 9.97 Å². The Hall–Kier alpha value is -4.51. The van der Waals surface area contributed by atoms with Crippen molar-refractivity contribution in [2.75, 3.05) is 12.3 Å². The third kappa shape index (κ3) is 4.30. The second-order valence-corrected chi connectivity index (χ2v) is 10.1. The van der Waals surface area contributed by atoms with Crippen LogP contribution in [0.15, 0.2) is 48.5 Å². The molecule has 0 fully saturated rings. The van der Waals surface area contributed by atoms with Crippen LogP contribution < -0.4 is 5.73 Å². The normalized spacial score (nSPS) is 13.5. The highest BCUT2D eigenvalue weighted by atomic mass is 16.7. The van der Waals surface area contributed by atoms with Crippen molar-refractivity contribution in [2.24, 2.45) is 0 Å². The number of aromatic nitrogens is 3. The van der Waals surface area contributed by atoms with Crippen LogP contribution in [-0.4, -0.2) is 59.6 Å². The molecule has 1 aliphatic rings. The number of fused-ring (bicyclic) bond motifs is 4. The Morgan fingerprint density at radius 3 is 2.29 bits per heavy atom. The van der Waals surface area contributed by atoms with Crippen LogP contribution in [0.5, 0.6) is 0 Å². The molecule has 0 spiro atoms. The number of nitrogens with zero attached hydrogens (tertiary/aromatic N) is 5. The number of amides is 3. The summed E-state index contributed by atoms with van der Waals surface area (Å²) in [5.41, 5.74) is 8.14. The Labute approximate surface area is 218 Å². The first-order chi connectivity index (χ1) is 18.1. The van der Waals surface area contributed by atoms with Crippen molar-refractivity contribution < 1.29 is 24.3 Å². The largest absolute Gasteiger partial charge is 0.465 e. The van der Waals surface area contributed by atoms with Crippen LogP contribution in [0.4, 0.5) is 10.6 Å². The van der Waals surface area contributed by atoms with Gasteiger partial charge in [0.2, 0.25) is 0 Å². The summed E-state index contributed by atoms with van der Waals surface area (Å²) in [6.45, 7) is 6.02. The number of para-hydroxylation sites is 1. The quantitative estimate of drug-likeness (QED) is 0.350. The molecule has 11 nitrogen and oxygen atoms in total. The minimum Gasteiger partial charge on any atom is -0.465 e. The Kier molecular flexibility index (Phi) is 6.23. The zero-order valence-electron chi connectivity index (χ0n) is 21.3. The first-order valence-corrected chi connectivity index (χ1v) is 12.2. The molecule has 196 valence electrons. The fourth-order valence-corrected chi connectivity index (χ4v) is 4.77. The van der Waals surface area contributed by atoms with E-state index in [1.807, 2.05) is 49.6 Å². The highest BCUT2D eigenvalue weighted by Crippen LogP contribution is 2.30. The number of carbonyl (C=O) groups is 3. The van der Waals surface area contributed by atoms with Gasteiger partial charge in [-0.1, -0.05) is 30.3 Å². The van der Waals surface area contributed by atoms with Crippen molar-refractivity contribution in [3.63, 3.8) is 0 Å². The highest BCUT2D eigenvalue weighted by molar-refractivity contribution is 6.20. The molecule has 3 heterocycles. The summed E-state index contributed by atoms with van der Waals surface area (Å²) < 4.78 is 1.90. The van der Waals surface area contributed by atoms with Gasteiger partial charge in [-0.3, -0.25) is 14.4 Å². The first kappa shape index (κ1) is 25.2. The number of anilines is 1. The monoisotopic (exact) mass is 516 g/mol. The van der Waals surface area contributed by atoms with Crippen LogP contribution in [0.2, 0.25) is 0 Å². The summed E-state index contributed by atoms with van der Waals surface area (Å²) in [7, 11) is 0. The molecule has 2 aromatic carbocycles. The van der Waals surface area contributed by atoms with Gasteiger partial charge in [-0.2, -0.15) is 0 Å². The lowest BCUT2D eigenvalue weighted by Crippen LogP contribution is -2.45. The van der Waals surface area contributed by atoms with E-state index in [0.29, 0.717) is 29.8 Å². The van der Waals surface area contributed by atoms with Gasteiger partial charge in [0.15, 0.2) is 5.82 Å². The van der Waals surface area contributed by atoms with E-state index in [9.17, 15) is 19.5 Å². The van der Waals surface area contributed by atoms with Crippen molar-refractivity contribution in [1.82, 2.24) is 24.5 Å². The number of imide groups is 1. The van der Waals surface area contributed by atoms with Crippen molar-refractivity contribution in [1.29, 1.82) is 0 Å². The van der Waals surface area contributed by atoms with Gasteiger partial charge in [0.25, 0.3) is 11.8 Å². The smallest absolute Gasteiger partial charge is 0.407 e. The number of hydrogen-bond acceptors (Lipinski definition) is 7. The number of carboxylic acid groups (broad SMARTS) is 1. The van der Waals surface area contributed by atoms with E-state index in [4.69, 9.17) is 10.6 Å². The molecule has 3 amide bonds. The molecule has 2 aromatic heterocycles. The molecule has 1 aliphatic heterocycles. The van der Waals surface area contributed by atoms with Crippen LogP contribution in [0.1, 0.15) is 53.7 Å². The van der Waals surface area contributed by atoms with Gasteiger partial charge in [0.1, 0.15) is 17.9 Å². The zero-order valence-corrected chi connectivity index (χ0v) is 21.3. The van der Waals surface area contributed by atoms with Gasteiger partial charge < -0.3 is 20.3 Å². The maximum absolute atomic E-state index is 12.8. The summed E-state index contributed by atoms with van der Waals surface area (Å²) in [5, 5.41) is 11.3. The molecular weight excluding hydrogens is 488 g/mol. The summed E-state index contributed by atoms with van der Waals surface area (Å²) >= 11 is 0. The molecule has 0 saturated carbocycles. The molecule has 0 radical (unpaired) electrons. The predicted octanol–water partition coefficient (Wildman–Crippen LogP) is 4.06. The van der Waals surface area contributed by atoms with Gasteiger partial charge >= 0.3 is 6.09 Å². The SMILES string of the molecule is CC(C)(C)N(CCCn1c(CON2C(=O)c3ccccc3C2=O)nc2c(N)nc3ccccc3c21)C(=O)O. The van der Waals surface area contributed by atoms with Crippen molar-refractivity contribution in [3.05, 3.63) is 65.5 Å². The number of nitrogen functional groups attached to an aromatic ring is 1. The number of imidazole rings is 1. The maximum Gasteiger partial charge on any atom is 0.407 e. The summed E-state index contributed by atoms with van der Waals surface area (Å²) in [5.74, 6) is -0.412. The molecular formula is C27H28N6O5. The average molecular weight is 517 g/mol. The van der Waals surface area contributed by atoms with Crippen LogP contribution in [0, 0.1) is 0 Å². The molecule has 0 saturated heterocycles. The fourth-order valence-electron chi connectivity index (χ4n) is 4.77. The summed E-state index contributed by atoms with van der Waals surface area (Å²) in [6.07, 6.45) is -0.521. The standard InChI is InChI=1S/C27H28N6O5/c1-27(2,3)32(26(36)37)14-8-13-31-20(15-38-33-24(34)16-9-4-5-10-17(16)25(33)35)30-21-22(31)18-11-6-7-12-19(18)29-23(21)28/h4-7,9-12H,8,13-15H2,1-3H3,(H2,28,29)(H,36,37). The van der Waals surface area contributed by atoms with Gasteiger partial charge in [0.05, 0.1) is 22.2 Å². The molecule has 38 heavy (non-hydrogen) atoms. The molecule has 0 atom stereocenters. The Bertz CT molecular complexity index is 1550. The summed E-state index contributed by atoms with van der Waals surface area (Å²) in [6, 6.07) is 14.0. The lowest BCUT2D eigenvalue weighted by Gasteiger charge is -2.33. The number of pyridine rings is 1. The number of benzene rings is 2. The van der Waals surface area contributed by atoms with Gasteiger partial charge in [-0.25, -0.2) is 14.8 Å². The second-order valence-electron chi connectivity index (χ2n) is 10.1. The van der Waals surface area contributed by atoms with E-state index in [-0.39, 0.29) is 30.1 Å². The first-order valence-electron chi connectivity index (χ1n) is 12.2. The maximum atomic E-state index is 12.8. The third-order valence-electron chi connectivity index (χ3n) is 6.57. The van der Waals surface area contributed by atoms with Crippen LogP contribution in [0.25, 0.3) is 21.9 Å². The fraction of sp³-hybridized carbons (Fsp3) is 0.296. The van der Waals surface area contributed by atoms with Crippen LogP contribution in [0.3, 0.4) is 0 Å². The minimum absolute atomic E-state index is 0.185. The van der Waals surface area contributed by atoms with Crippen molar-refractivity contribution >= 4 is 45.7 Å². The van der Waals surface area contributed by atoms with Gasteiger partial charge in [0, 0.05) is 24.0 Å². The van der Waals surface area contributed by atoms with Gasteiger partial charge in [-0.05, 0) is 45.4 Å². The number of hydroxylamine groups is 2. The van der Waals surface area contributed by atoms with E-state index in [1.165, 1.54) is 4.90 Å². The van der Waals surface area contributed by atoms with Crippen molar-refractivity contribution in [3.8, 4) is 0 Å². The molecule has 3 N–H and O–H groups in total. The average Bonchev–Trinajstić information content (AvgIpc) is 3.35. The molecule has 11 heteroatoms. The van der Waals surface area contributed by atoms with E-state index in [1.54, 1.807) is 24.3 Å². The number of aryl methyl sites for hydroxylation is 1. The second kappa shape index (κ2) is 9.42. The lowest BCUT2D eigenvalue weighted by atomic mass is 10.1. The predicted molar refractivity (Wildman–Crippen MR) is 140 cm³/mol. The molecule has 4 aromatic rings. The summed E-state index contributed by atoms with van der Waals surface area (Å²) in [4.78, 5) is 53.6. The van der Waals surface area contributed by atoms with Gasteiger partial charge in [-0.15, -0.1) is 5.06 Å². The lowest BCUT2D eigenvalue weighted by molar-refractivity contribution is -0.103. The van der Waals surface area contributed by atoms with E-state index < -0.39 is 23.4 Å². The number of rotatable bonds is 7. The Morgan fingerprint density at radius 1 is 1.03 bits per heavy atom. The minimum atomic E-state index is -0.999.